The number of halogens is 1. The monoisotopic (exact) mass is 384 g/mol. The number of nitrogens with one attached hydrogen (secondary N) is 1. The van der Waals surface area contributed by atoms with Crippen molar-refractivity contribution in [2.45, 2.75) is 31.5 Å². The van der Waals surface area contributed by atoms with Crippen molar-refractivity contribution < 1.29 is 18.7 Å². The van der Waals surface area contributed by atoms with Crippen molar-refractivity contribution in [1.82, 2.24) is 10.2 Å². The highest BCUT2D eigenvalue weighted by Gasteiger charge is 2.27. The molecule has 1 unspecified atom stereocenters. The van der Waals surface area contributed by atoms with E-state index in [1.54, 1.807) is 18.2 Å². The molecule has 4 rings (SSSR count). The van der Waals surface area contributed by atoms with Gasteiger partial charge in [-0.2, -0.15) is 0 Å². The summed E-state index contributed by atoms with van der Waals surface area (Å²) in [6.45, 7) is 2.65. The molecule has 0 aliphatic carbocycles. The van der Waals surface area contributed by atoms with Gasteiger partial charge < -0.3 is 14.8 Å². The number of carbonyl (C=O) groups excluding carboxylic acids is 1. The van der Waals surface area contributed by atoms with Crippen LogP contribution in [0.1, 0.15) is 30.1 Å². The molecule has 5 nitrogen and oxygen atoms in total. The third-order valence-electron chi connectivity index (χ3n) is 5.27. The molecule has 2 aromatic carbocycles. The van der Waals surface area contributed by atoms with Crippen LogP contribution in [-0.4, -0.2) is 43.2 Å². The van der Waals surface area contributed by atoms with Crippen molar-refractivity contribution in [3.05, 3.63) is 65.5 Å². The van der Waals surface area contributed by atoms with Gasteiger partial charge in [0.2, 0.25) is 5.91 Å². The van der Waals surface area contributed by atoms with E-state index in [9.17, 15) is 9.18 Å². The predicted molar refractivity (Wildman–Crippen MR) is 103 cm³/mol. The molecule has 2 heterocycles. The highest BCUT2D eigenvalue weighted by molar-refractivity contribution is 5.78. The minimum Gasteiger partial charge on any atom is -0.484 e. The Labute approximate surface area is 164 Å². The number of rotatable bonds is 4. The summed E-state index contributed by atoms with van der Waals surface area (Å²) < 4.78 is 25.9. The minimum atomic E-state index is -0.472. The van der Waals surface area contributed by atoms with Crippen molar-refractivity contribution >= 4 is 5.91 Å². The molecule has 0 aromatic heterocycles. The smallest absolute Gasteiger partial charge is 0.234 e. The Kier molecular flexibility index (Phi) is 5.88. The lowest BCUT2D eigenvalue weighted by atomic mass is 10.1. The number of hydrogen-bond donors (Lipinski definition) is 1. The van der Waals surface area contributed by atoms with Gasteiger partial charge in [-0.05, 0) is 25.0 Å². The Morgan fingerprint density at radius 1 is 1.11 bits per heavy atom. The molecule has 1 amide bonds. The maximum absolute atomic E-state index is 14.4. The zero-order chi connectivity index (χ0) is 19.3. The van der Waals surface area contributed by atoms with Crippen LogP contribution in [-0.2, 0) is 16.1 Å². The second kappa shape index (κ2) is 8.71. The van der Waals surface area contributed by atoms with Crippen LogP contribution in [0.15, 0.2) is 48.5 Å². The number of hydrogen-bond acceptors (Lipinski definition) is 4. The Morgan fingerprint density at radius 3 is 2.68 bits per heavy atom. The van der Waals surface area contributed by atoms with Gasteiger partial charge in [-0.25, -0.2) is 4.39 Å². The molecular weight excluding hydrogens is 359 g/mol. The molecule has 6 heteroatoms. The van der Waals surface area contributed by atoms with Gasteiger partial charge in [-0.1, -0.05) is 36.4 Å². The Balaban J connectivity index is 1.51. The summed E-state index contributed by atoms with van der Waals surface area (Å²) in [6, 6.07) is 14.6. The third kappa shape index (κ3) is 4.51. The number of carbonyl (C=O) groups is 1. The van der Waals surface area contributed by atoms with Gasteiger partial charge in [-0.15, -0.1) is 0 Å². The second-order valence-corrected chi connectivity index (χ2v) is 7.36. The molecule has 0 bridgehead atoms. The maximum atomic E-state index is 14.4. The van der Waals surface area contributed by atoms with Crippen LogP contribution < -0.4 is 10.1 Å². The van der Waals surface area contributed by atoms with Crippen LogP contribution in [0.25, 0.3) is 0 Å². The van der Waals surface area contributed by atoms with E-state index in [2.05, 4.69) is 5.32 Å². The van der Waals surface area contributed by atoms with E-state index in [0.29, 0.717) is 31.9 Å². The van der Waals surface area contributed by atoms with E-state index in [-0.39, 0.29) is 24.3 Å². The molecule has 2 aromatic rings. The van der Waals surface area contributed by atoms with Gasteiger partial charge in [0.05, 0.1) is 6.54 Å². The van der Waals surface area contributed by atoms with Crippen molar-refractivity contribution in [3.8, 4) is 5.75 Å². The average Bonchev–Trinajstić information content (AvgIpc) is 2.88. The Morgan fingerprint density at radius 2 is 1.86 bits per heavy atom. The first-order valence-corrected chi connectivity index (χ1v) is 9.77. The summed E-state index contributed by atoms with van der Waals surface area (Å²) in [6.07, 6.45) is 1.21. The standard InChI is InChI=1S/C22H25FN2O3/c23-19-7-3-2-6-18(19)21-14-25(13-16-5-1-4-8-20(16)28-21)15-22(26)24-17-9-11-27-12-10-17/h1-8,17,21H,9-15H2,(H,24,26). The van der Waals surface area contributed by atoms with Crippen LogP contribution >= 0.6 is 0 Å². The van der Waals surface area contributed by atoms with E-state index in [1.165, 1.54) is 6.07 Å². The third-order valence-corrected chi connectivity index (χ3v) is 5.27. The molecule has 0 saturated carbocycles. The quantitative estimate of drug-likeness (QED) is 0.880. The van der Waals surface area contributed by atoms with Gasteiger partial charge in [-0.3, -0.25) is 9.69 Å². The van der Waals surface area contributed by atoms with E-state index in [4.69, 9.17) is 9.47 Å². The minimum absolute atomic E-state index is 0.0152. The molecule has 1 atom stereocenters. The Bertz CT molecular complexity index is 823. The molecule has 28 heavy (non-hydrogen) atoms. The predicted octanol–water partition coefficient (Wildman–Crippen LogP) is 3.06. The van der Waals surface area contributed by atoms with Gasteiger partial charge in [0.1, 0.15) is 17.7 Å². The molecule has 148 valence electrons. The summed E-state index contributed by atoms with van der Waals surface area (Å²) in [7, 11) is 0. The van der Waals surface area contributed by atoms with Gasteiger partial charge >= 0.3 is 0 Å². The first-order valence-electron chi connectivity index (χ1n) is 9.77. The lowest BCUT2D eigenvalue weighted by molar-refractivity contribution is -0.123. The lowest BCUT2D eigenvalue weighted by Gasteiger charge is -2.26. The zero-order valence-electron chi connectivity index (χ0n) is 15.8. The van der Waals surface area contributed by atoms with Gasteiger partial charge in [0.25, 0.3) is 0 Å². The molecule has 1 saturated heterocycles. The molecule has 2 aliphatic rings. The van der Waals surface area contributed by atoms with Crippen molar-refractivity contribution in [1.29, 1.82) is 0 Å². The second-order valence-electron chi connectivity index (χ2n) is 7.36. The molecule has 1 N–H and O–H groups in total. The lowest BCUT2D eigenvalue weighted by Crippen LogP contribution is -2.44. The Hall–Kier alpha value is -2.44. The van der Waals surface area contributed by atoms with Crippen molar-refractivity contribution in [2.24, 2.45) is 0 Å². The number of amides is 1. The van der Waals surface area contributed by atoms with Crippen LogP contribution in [0.3, 0.4) is 0 Å². The fourth-order valence-corrected chi connectivity index (χ4v) is 3.82. The van der Waals surface area contributed by atoms with E-state index in [0.717, 1.165) is 24.2 Å². The number of nitrogens with zero attached hydrogens (tertiary/aromatic N) is 1. The normalized spacial score (nSPS) is 20.7. The maximum Gasteiger partial charge on any atom is 0.234 e. The largest absolute Gasteiger partial charge is 0.484 e. The summed E-state index contributed by atoms with van der Waals surface area (Å²) in [5.74, 6) is 0.431. The summed E-state index contributed by atoms with van der Waals surface area (Å²) in [5.41, 5.74) is 1.51. The molecule has 1 fully saturated rings. The molecular formula is C22H25FN2O3. The topological polar surface area (TPSA) is 50.8 Å². The van der Waals surface area contributed by atoms with E-state index < -0.39 is 6.10 Å². The van der Waals surface area contributed by atoms with Crippen LogP contribution in [0.4, 0.5) is 4.39 Å². The summed E-state index contributed by atoms with van der Waals surface area (Å²) >= 11 is 0. The van der Waals surface area contributed by atoms with Gasteiger partial charge in [0, 0.05) is 43.5 Å². The fraction of sp³-hybridized carbons (Fsp3) is 0.409. The zero-order valence-corrected chi connectivity index (χ0v) is 15.8. The van der Waals surface area contributed by atoms with Crippen LogP contribution in [0.5, 0.6) is 5.75 Å². The summed E-state index contributed by atoms with van der Waals surface area (Å²) in [5, 5.41) is 3.10. The number of benzene rings is 2. The first kappa shape index (κ1) is 18.9. The average molecular weight is 384 g/mol. The fourth-order valence-electron chi connectivity index (χ4n) is 3.82. The van der Waals surface area contributed by atoms with E-state index >= 15 is 0 Å². The highest BCUT2D eigenvalue weighted by Crippen LogP contribution is 2.31. The van der Waals surface area contributed by atoms with Crippen LogP contribution in [0.2, 0.25) is 0 Å². The first-order chi connectivity index (χ1) is 13.7. The van der Waals surface area contributed by atoms with Crippen molar-refractivity contribution in [2.75, 3.05) is 26.3 Å². The highest BCUT2D eigenvalue weighted by atomic mass is 19.1. The molecule has 0 spiro atoms. The number of fused-ring (bicyclic) bond motifs is 1. The van der Waals surface area contributed by atoms with Crippen molar-refractivity contribution in [3.63, 3.8) is 0 Å². The number of ether oxygens (including phenoxy) is 2. The number of para-hydroxylation sites is 1. The molecule has 2 aliphatic heterocycles. The summed E-state index contributed by atoms with van der Waals surface area (Å²) in [4.78, 5) is 14.6. The van der Waals surface area contributed by atoms with Crippen LogP contribution in [0, 0.1) is 5.82 Å². The molecule has 0 radical (unpaired) electrons. The van der Waals surface area contributed by atoms with E-state index in [1.807, 2.05) is 29.2 Å². The van der Waals surface area contributed by atoms with Gasteiger partial charge in [0.15, 0.2) is 0 Å². The SMILES string of the molecule is O=C(CN1Cc2ccccc2OC(c2ccccc2F)C1)NC1CCOCC1.